The third-order valence-electron chi connectivity index (χ3n) is 2.50. The Bertz CT molecular complexity index is 381. The summed E-state index contributed by atoms with van der Waals surface area (Å²) < 4.78 is 10.1. The van der Waals surface area contributed by atoms with Gasteiger partial charge in [0.1, 0.15) is 5.75 Å². The van der Waals surface area contributed by atoms with Crippen LogP contribution in [0.25, 0.3) is 0 Å². The molecule has 0 aliphatic carbocycles. The van der Waals surface area contributed by atoms with Gasteiger partial charge < -0.3 is 19.9 Å². The van der Waals surface area contributed by atoms with Crippen molar-refractivity contribution in [2.75, 3.05) is 19.5 Å². The van der Waals surface area contributed by atoms with Crippen molar-refractivity contribution in [3.8, 4) is 5.75 Å². The number of hydrogen-bond donors (Lipinski definition) is 2. The molecule has 0 fully saturated rings. The summed E-state index contributed by atoms with van der Waals surface area (Å²) in [5, 5.41) is 12.0. The number of aliphatic carboxylic acids is 1. The van der Waals surface area contributed by atoms with E-state index in [0.717, 1.165) is 0 Å². The number of carboxylic acids is 1. The Morgan fingerprint density at radius 3 is 2.65 bits per heavy atom. The highest BCUT2D eigenvalue weighted by molar-refractivity contribution is 5.78. The second-order valence-corrected chi connectivity index (χ2v) is 3.63. The van der Waals surface area contributed by atoms with Crippen molar-refractivity contribution in [1.82, 2.24) is 0 Å². The van der Waals surface area contributed by atoms with E-state index in [4.69, 9.17) is 14.6 Å². The zero-order chi connectivity index (χ0) is 12.8. The number of nitrogens with one attached hydrogen (secondary N) is 1. The van der Waals surface area contributed by atoms with Crippen molar-refractivity contribution in [3.63, 3.8) is 0 Å². The quantitative estimate of drug-likeness (QED) is 0.789. The van der Waals surface area contributed by atoms with Crippen LogP contribution in [0, 0.1) is 0 Å². The third kappa shape index (κ3) is 3.64. The van der Waals surface area contributed by atoms with E-state index in [1.54, 1.807) is 38.3 Å². The van der Waals surface area contributed by atoms with Crippen LogP contribution in [0.1, 0.15) is 6.92 Å². The number of carboxylic acid groups (broad SMARTS) is 1. The van der Waals surface area contributed by atoms with E-state index in [0.29, 0.717) is 11.4 Å². The van der Waals surface area contributed by atoms with Crippen LogP contribution in [0.4, 0.5) is 5.69 Å². The smallest absolute Gasteiger partial charge is 0.328 e. The lowest BCUT2D eigenvalue weighted by molar-refractivity contribution is -0.140. The molecule has 1 rings (SSSR count). The number of rotatable bonds is 6. The van der Waals surface area contributed by atoms with Crippen LogP contribution in [-0.4, -0.2) is 37.4 Å². The van der Waals surface area contributed by atoms with E-state index in [1.807, 2.05) is 0 Å². The van der Waals surface area contributed by atoms with Crippen molar-refractivity contribution >= 4 is 11.7 Å². The van der Waals surface area contributed by atoms with Gasteiger partial charge in [-0.25, -0.2) is 4.79 Å². The lowest BCUT2D eigenvalue weighted by Gasteiger charge is -2.21. The summed E-state index contributed by atoms with van der Waals surface area (Å²) in [4.78, 5) is 11.1. The Balaban J connectivity index is 2.82. The van der Waals surface area contributed by atoms with Crippen molar-refractivity contribution in [1.29, 1.82) is 0 Å². The molecule has 0 amide bonds. The maximum atomic E-state index is 11.1. The second-order valence-electron chi connectivity index (χ2n) is 3.63. The Morgan fingerprint density at radius 2 is 2.12 bits per heavy atom. The van der Waals surface area contributed by atoms with Crippen molar-refractivity contribution in [2.24, 2.45) is 0 Å². The van der Waals surface area contributed by atoms with Gasteiger partial charge in [-0.2, -0.15) is 0 Å². The molecule has 2 unspecified atom stereocenters. The maximum Gasteiger partial charge on any atom is 0.328 e. The summed E-state index contributed by atoms with van der Waals surface area (Å²) in [7, 11) is 3.04. The maximum absolute atomic E-state index is 11.1. The summed E-state index contributed by atoms with van der Waals surface area (Å²) in [5.74, 6) is -0.286. The Kier molecular flexibility index (Phi) is 4.78. The predicted octanol–water partition coefficient (Wildman–Crippen LogP) is 1.60. The molecule has 0 bridgehead atoms. The topological polar surface area (TPSA) is 67.8 Å². The van der Waals surface area contributed by atoms with Gasteiger partial charge in [0.15, 0.2) is 6.04 Å². The number of carbonyl (C=O) groups is 1. The molecule has 1 aromatic rings. The normalized spacial score (nSPS) is 13.8. The molecule has 0 heterocycles. The number of anilines is 1. The molecule has 2 atom stereocenters. The van der Waals surface area contributed by atoms with Gasteiger partial charge in [-0.15, -0.1) is 0 Å². The molecule has 5 nitrogen and oxygen atoms in total. The van der Waals surface area contributed by atoms with E-state index >= 15 is 0 Å². The summed E-state index contributed by atoms with van der Waals surface area (Å²) in [6.07, 6.45) is -0.432. The fraction of sp³-hybridized carbons (Fsp3) is 0.417. The first-order valence-electron chi connectivity index (χ1n) is 5.24. The number of methoxy groups -OCH3 is 2. The molecule has 94 valence electrons. The van der Waals surface area contributed by atoms with Gasteiger partial charge in [0.2, 0.25) is 0 Å². The van der Waals surface area contributed by atoms with Crippen LogP contribution in [0.15, 0.2) is 24.3 Å². The monoisotopic (exact) mass is 239 g/mol. The van der Waals surface area contributed by atoms with Crippen LogP contribution in [0.2, 0.25) is 0 Å². The van der Waals surface area contributed by atoms with Crippen molar-refractivity contribution < 1.29 is 19.4 Å². The molecular weight excluding hydrogens is 222 g/mol. The summed E-state index contributed by atoms with van der Waals surface area (Å²) in [6, 6.07) is 6.30. The first-order valence-corrected chi connectivity index (χ1v) is 5.24. The van der Waals surface area contributed by atoms with Crippen LogP contribution >= 0.6 is 0 Å². The fourth-order valence-corrected chi connectivity index (χ4v) is 1.41. The minimum absolute atomic E-state index is 0.432. The lowest BCUT2D eigenvalue weighted by Crippen LogP contribution is -2.40. The molecule has 5 heteroatoms. The largest absolute Gasteiger partial charge is 0.497 e. The standard InChI is InChI=1S/C12H17NO4/c1-8(16-2)11(12(14)15)13-9-5-4-6-10(7-9)17-3/h4-8,11,13H,1-3H3,(H,14,15). The Hall–Kier alpha value is -1.75. The van der Waals surface area contributed by atoms with E-state index < -0.39 is 18.1 Å². The number of ether oxygens (including phenoxy) is 2. The van der Waals surface area contributed by atoms with Crippen LogP contribution in [0.3, 0.4) is 0 Å². The zero-order valence-corrected chi connectivity index (χ0v) is 10.1. The molecular formula is C12H17NO4. The molecule has 0 aliphatic heterocycles. The molecule has 2 N–H and O–H groups in total. The zero-order valence-electron chi connectivity index (χ0n) is 10.1. The molecule has 0 aliphatic rings. The van der Waals surface area contributed by atoms with E-state index in [-0.39, 0.29) is 0 Å². The molecule has 0 radical (unpaired) electrons. The molecule has 17 heavy (non-hydrogen) atoms. The summed E-state index contributed by atoms with van der Waals surface area (Å²) >= 11 is 0. The predicted molar refractivity (Wildman–Crippen MR) is 64.5 cm³/mol. The average Bonchev–Trinajstić information content (AvgIpc) is 2.35. The number of hydrogen-bond acceptors (Lipinski definition) is 4. The van der Waals surface area contributed by atoms with Gasteiger partial charge in [-0.05, 0) is 19.1 Å². The average molecular weight is 239 g/mol. The third-order valence-corrected chi connectivity index (χ3v) is 2.50. The van der Waals surface area contributed by atoms with Gasteiger partial charge in [-0.3, -0.25) is 0 Å². The van der Waals surface area contributed by atoms with Crippen LogP contribution in [-0.2, 0) is 9.53 Å². The lowest BCUT2D eigenvalue weighted by atomic mass is 10.1. The fourth-order valence-electron chi connectivity index (χ4n) is 1.41. The molecule has 0 spiro atoms. The Labute approximate surface area is 100 Å². The van der Waals surface area contributed by atoms with Crippen molar-refractivity contribution in [2.45, 2.75) is 19.1 Å². The summed E-state index contributed by atoms with van der Waals surface area (Å²) in [6.45, 7) is 1.70. The second kappa shape index (κ2) is 6.10. The minimum Gasteiger partial charge on any atom is -0.497 e. The highest BCUT2D eigenvalue weighted by Gasteiger charge is 2.24. The molecule has 0 saturated carbocycles. The molecule has 0 saturated heterocycles. The van der Waals surface area contributed by atoms with Gasteiger partial charge in [0.05, 0.1) is 13.2 Å². The van der Waals surface area contributed by atoms with E-state index in [9.17, 15) is 4.79 Å². The van der Waals surface area contributed by atoms with Gasteiger partial charge in [-0.1, -0.05) is 6.07 Å². The number of benzene rings is 1. The minimum atomic E-state index is -0.956. The van der Waals surface area contributed by atoms with E-state index in [2.05, 4.69) is 5.32 Å². The first kappa shape index (κ1) is 13.3. The first-order chi connectivity index (χ1) is 8.08. The van der Waals surface area contributed by atoms with Gasteiger partial charge in [0, 0.05) is 18.9 Å². The van der Waals surface area contributed by atoms with Crippen LogP contribution in [0.5, 0.6) is 5.75 Å². The van der Waals surface area contributed by atoms with Gasteiger partial charge in [0.25, 0.3) is 0 Å². The van der Waals surface area contributed by atoms with Gasteiger partial charge >= 0.3 is 5.97 Å². The molecule has 0 aromatic heterocycles. The highest BCUT2D eigenvalue weighted by atomic mass is 16.5. The highest BCUT2D eigenvalue weighted by Crippen LogP contribution is 2.18. The van der Waals surface area contributed by atoms with Crippen molar-refractivity contribution in [3.05, 3.63) is 24.3 Å². The Morgan fingerprint density at radius 1 is 1.41 bits per heavy atom. The SMILES string of the molecule is COc1cccc(NC(C(=O)O)C(C)OC)c1. The van der Waals surface area contributed by atoms with E-state index in [1.165, 1.54) is 7.11 Å². The summed E-state index contributed by atoms with van der Waals surface area (Å²) in [5.41, 5.74) is 0.681. The van der Waals surface area contributed by atoms with Crippen LogP contribution < -0.4 is 10.1 Å². The molecule has 1 aromatic carbocycles.